The van der Waals surface area contributed by atoms with Crippen LogP contribution in [0.4, 0.5) is 4.79 Å². The first-order valence-corrected chi connectivity index (χ1v) is 12.6. The molecule has 3 aromatic rings. The second kappa shape index (κ2) is 10.8. The van der Waals surface area contributed by atoms with Crippen molar-refractivity contribution in [3.63, 3.8) is 0 Å². The van der Waals surface area contributed by atoms with E-state index in [1.807, 2.05) is 19.9 Å². The normalized spacial score (nSPS) is 16.9. The molecule has 0 radical (unpaired) electrons. The van der Waals surface area contributed by atoms with Gasteiger partial charge in [-0.2, -0.15) is 0 Å². The fourth-order valence-electron chi connectivity index (χ4n) is 4.99. The summed E-state index contributed by atoms with van der Waals surface area (Å²) in [5, 5.41) is 11.1. The van der Waals surface area contributed by atoms with E-state index in [0.29, 0.717) is 22.6 Å². The Bertz CT molecular complexity index is 1710. The topological polar surface area (TPSA) is 145 Å². The smallest absolute Gasteiger partial charge is 0.548 e. The summed E-state index contributed by atoms with van der Waals surface area (Å²) < 4.78 is 15.4. The number of carboxylic acids is 1. The summed E-state index contributed by atoms with van der Waals surface area (Å²) in [5.74, 6) is -1.12. The number of aliphatic carboxylic acids is 1. The Morgan fingerprint density at radius 3 is 2.37 bits per heavy atom. The number of hydrogen-bond donors (Lipinski definition) is 0. The summed E-state index contributed by atoms with van der Waals surface area (Å²) in [6, 6.07) is 8.99. The Labute approximate surface area is 256 Å². The van der Waals surface area contributed by atoms with Crippen molar-refractivity contribution in [2.24, 2.45) is 0 Å². The average Bonchev–Trinajstić information content (AvgIpc) is 3.16. The van der Waals surface area contributed by atoms with Gasteiger partial charge in [-0.25, -0.2) is 28.3 Å². The van der Waals surface area contributed by atoms with Crippen molar-refractivity contribution < 1.29 is 58.5 Å². The number of aromatic nitrogens is 3. The van der Waals surface area contributed by atoms with Crippen LogP contribution in [0, 0.1) is 0 Å². The molecule has 2 atom stereocenters. The summed E-state index contributed by atoms with van der Waals surface area (Å²) >= 11 is 0. The number of carboxylic acid groups (broad SMARTS) is 1. The van der Waals surface area contributed by atoms with E-state index in [9.17, 15) is 29.1 Å². The molecule has 5 rings (SSSR count). The molecule has 0 N–H and O–H groups in total. The van der Waals surface area contributed by atoms with E-state index in [1.165, 1.54) is 42.4 Å². The zero-order valence-corrected chi connectivity index (χ0v) is 25.5. The Hall–Kier alpha value is -3.87. The predicted octanol–water partition coefficient (Wildman–Crippen LogP) is -1.72. The van der Waals surface area contributed by atoms with Crippen molar-refractivity contribution in [3.8, 4) is 17.2 Å². The van der Waals surface area contributed by atoms with Crippen molar-refractivity contribution in [1.29, 1.82) is 0 Å². The molecule has 0 aliphatic carbocycles. The maximum Gasteiger partial charge on any atom is 1.00 e. The van der Waals surface area contributed by atoms with Gasteiger partial charge in [-0.1, -0.05) is 6.08 Å². The Morgan fingerprint density at radius 2 is 1.76 bits per heavy atom. The number of benzene rings is 2. The first kappa shape index (κ1) is 30.1. The van der Waals surface area contributed by atoms with Crippen LogP contribution in [0.15, 0.2) is 63.7 Å². The SMILES string of the molecule is CC(=O)c1ccc(-n2c(=O)n3n(c2=O)C2C(=CC3)C(C)(C)Oc3cc(OC(=O)N(C)C(C)C(=O)[O-])ccc32)cc1.[Na+]. The molecule has 12 nitrogen and oxygen atoms in total. The van der Waals surface area contributed by atoms with E-state index in [2.05, 4.69) is 0 Å². The van der Waals surface area contributed by atoms with E-state index in [0.717, 1.165) is 15.0 Å². The van der Waals surface area contributed by atoms with Crippen molar-refractivity contribution in [1.82, 2.24) is 18.8 Å². The van der Waals surface area contributed by atoms with Gasteiger partial charge in [0, 0.05) is 24.2 Å². The monoisotopic (exact) mass is 570 g/mol. The minimum absolute atomic E-state index is 0. The maximum absolute atomic E-state index is 13.8. The quantitative estimate of drug-likeness (QED) is 0.200. The first-order chi connectivity index (χ1) is 18.8. The van der Waals surface area contributed by atoms with E-state index in [4.69, 9.17) is 9.47 Å². The van der Waals surface area contributed by atoms with Crippen molar-refractivity contribution >= 4 is 17.8 Å². The molecule has 1 amide bonds. The zero-order chi connectivity index (χ0) is 29.1. The number of rotatable bonds is 5. The third-order valence-corrected chi connectivity index (χ3v) is 7.37. The van der Waals surface area contributed by atoms with Crippen LogP contribution in [-0.2, 0) is 11.3 Å². The summed E-state index contributed by atoms with van der Waals surface area (Å²) in [6.07, 6.45) is 0.963. The number of hydrogen-bond acceptors (Lipinski definition) is 8. The molecule has 0 saturated heterocycles. The third-order valence-electron chi connectivity index (χ3n) is 7.37. The van der Waals surface area contributed by atoms with Crippen LogP contribution in [0.5, 0.6) is 11.5 Å². The van der Waals surface area contributed by atoms with Gasteiger partial charge >= 0.3 is 47.0 Å². The molecule has 1 aromatic heterocycles. The van der Waals surface area contributed by atoms with Gasteiger partial charge in [0.25, 0.3) is 0 Å². The molecule has 0 bridgehead atoms. The molecular formula is C28H27N4NaO8. The van der Waals surface area contributed by atoms with Crippen LogP contribution in [0.2, 0.25) is 0 Å². The van der Waals surface area contributed by atoms with Crippen LogP contribution in [-0.4, -0.2) is 55.4 Å². The van der Waals surface area contributed by atoms with Gasteiger partial charge in [0.05, 0.1) is 24.2 Å². The Balaban J connectivity index is 0.00000387. The van der Waals surface area contributed by atoms with E-state index >= 15 is 0 Å². The molecule has 13 heteroatoms. The molecule has 41 heavy (non-hydrogen) atoms. The van der Waals surface area contributed by atoms with Crippen LogP contribution < -0.4 is 55.5 Å². The average molecular weight is 571 g/mol. The van der Waals surface area contributed by atoms with Crippen LogP contribution in [0.25, 0.3) is 5.69 Å². The minimum atomic E-state index is -1.43. The van der Waals surface area contributed by atoms with Gasteiger partial charge in [-0.05, 0) is 69.7 Å². The van der Waals surface area contributed by atoms with Gasteiger partial charge in [0.2, 0.25) is 0 Å². The predicted molar refractivity (Wildman–Crippen MR) is 140 cm³/mol. The fraction of sp³-hybridized carbons (Fsp3) is 0.321. The number of fused-ring (bicyclic) bond motifs is 5. The number of nitrogens with zero attached hydrogens (tertiary/aromatic N) is 4. The molecular weight excluding hydrogens is 543 g/mol. The van der Waals surface area contributed by atoms with Crippen LogP contribution in [0.3, 0.4) is 0 Å². The van der Waals surface area contributed by atoms with E-state index < -0.39 is 41.1 Å². The Kier molecular flexibility index (Phi) is 7.96. The second-order valence-corrected chi connectivity index (χ2v) is 10.3. The molecule has 0 saturated carbocycles. The maximum atomic E-state index is 13.8. The van der Waals surface area contributed by atoms with Crippen molar-refractivity contribution in [2.75, 3.05) is 7.05 Å². The zero-order valence-electron chi connectivity index (χ0n) is 23.5. The largest absolute Gasteiger partial charge is 1.00 e. The van der Waals surface area contributed by atoms with Crippen molar-refractivity contribution in [3.05, 3.63) is 86.2 Å². The van der Waals surface area contributed by atoms with Crippen LogP contribution >= 0.6 is 0 Å². The number of amides is 1. The van der Waals surface area contributed by atoms with Gasteiger partial charge < -0.3 is 24.3 Å². The van der Waals surface area contributed by atoms with E-state index in [-0.39, 0.29) is 47.6 Å². The number of ketones is 1. The number of likely N-dealkylation sites (N-methyl/N-ethyl adjacent to an activating group) is 1. The second-order valence-electron chi connectivity index (χ2n) is 10.3. The van der Waals surface area contributed by atoms with Gasteiger partial charge in [-0.15, -0.1) is 0 Å². The molecule has 2 aliphatic rings. The van der Waals surface area contributed by atoms with Gasteiger partial charge in [0.15, 0.2) is 5.78 Å². The number of ether oxygens (including phenoxy) is 2. The summed E-state index contributed by atoms with van der Waals surface area (Å²) in [6.45, 7) is 6.55. The minimum Gasteiger partial charge on any atom is -0.548 e. The number of carbonyl (C=O) groups is 3. The molecule has 2 aliphatic heterocycles. The molecule has 0 fully saturated rings. The fourth-order valence-corrected chi connectivity index (χ4v) is 4.99. The number of Topliss-reactive ketones (excluding diaryl/α,β-unsaturated/α-hetero) is 1. The summed E-state index contributed by atoms with van der Waals surface area (Å²) in [4.78, 5) is 63.4. The van der Waals surface area contributed by atoms with Gasteiger partial charge in [-0.3, -0.25) is 4.79 Å². The molecule has 2 aromatic carbocycles. The molecule has 208 valence electrons. The molecule has 3 heterocycles. The summed E-state index contributed by atoms with van der Waals surface area (Å²) in [5.41, 5.74) is 0.166. The van der Waals surface area contributed by atoms with Gasteiger partial charge in [0.1, 0.15) is 23.1 Å². The van der Waals surface area contributed by atoms with E-state index in [1.54, 1.807) is 30.3 Å². The molecule has 2 unspecified atom stereocenters. The Morgan fingerprint density at radius 1 is 1.10 bits per heavy atom. The standard InChI is InChI=1S/C28H28N4O8.Na/c1-15(24(34)35)29(5)27(38)39-19-10-11-20-22(14-19)40-28(3,4)21-12-13-30-25(36)31(26(37)32(30)23(20)21)18-8-6-17(7-9-18)16(2)33;/h6-12,14-15,23H,13H2,1-5H3,(H,34,35);/q;+1/p-1. The number of carbonyl (C=O) groups excluding carboxylic acids is 3. The van der Waals surface area contributed by atoms with Crippen molar-refractivity contribution in [2.45, 2.75) is 51.9 Å². The third kappa shape index (κ3) is 5.07. The summed E-state index contributed by atoms with van der Waals surface area (Å²) in [7, 11) is 1.28. The molecule has 0 spiro atoms. The first-order valence-electron chi connectivity index (χ1n) is 12.6. The number of allylic oxidation sites excluding steroid dienone is 1. The van der Waals surface area contributed by atoms with Crippen LogP contribution in [0.1, 0.15) is 49.7 Å².